The lowest BCUT2D eigenvalue weighted by Crippen LogP contribution is -2.46. The number of piperazine rings is 1. The number of benzene rings is 2. The van der Waals surface area contributed by atoms with Crippen molar-refractivity contribution < 1.29 is 18.3 Å². The van der Waals surface area contributed by atoms with Crippen molar-refractivity contribution >= 4 is 11.6 Å². The van der Waals surface area contributed by atoms with Crippen LogP contribution in [0.1, 0.15) is 28.6 Å². The van der Waals surface area contributed by atoms with Gasteiger partial charge in [-0.05, 0) is 42.8 Å². The average Bonchev–Trinajstić information content (AvgIpc) is 3.23. The van der Waals surface area contributed by atoms with Crippen molar-refractivity contribution in [3.05, 3.63) is 65.5 Å². The standard InChI is InChI=1S/C23H24F2N6O2/c24-16-2-1-3-18(19(16)25)33-15-6-4-14(5-7-15)31-22(23(26)32)21-20(29-31)17(8-9-28-21)30-12-10-27-11-13-30/h1-7,17,27-28H,8-13H2,(H2,26,32)/t17-/m1/s1. The number of rotatable bonds is 5. The Bertz CT molecular complexity index is 1170. The molecule has 2 aliphatic heterocycles. The number of amides is 1. The van der Waals surface area contributed by atoms with Crippen LogP contribution in [0.2, 0.25) is 0 Å². The zero-order valence-corrected chi connectivity index (χ0v) is 17.9. The van der Waals surface area contributed by atoms with Crippen molar-refractivity contribution in [1.82, 2.24) is 20.0 Å². The molecule has 0 unspecified atom stereocenters. The van der Waals surface area contributed by atoms with E-state index in [1.54, 1.807) is 24.3 Å². The zero-order valence-electron chi connectivity index (χ0n) is 17.9. The molecule has 1 aromatic heterocycles. The molecular weight excluding hydrogens is 430 g/mol. The predicted octanol–water partition coefficient (Wildman–Crippen LogP) is 2.80. The van der Waals surface area contributed by atoms with Crippen LogP contribution in [0.4, 0.5) is 14.5 Å². The summed E-state index contributed by atoms with van der Waals surface area (Å²) in [6.45, 7) is 4.36. The summed E-state index contributed by atoms with van der Waals surface area (Å²) < 4.78 is 34.4. The predicted molar refractivity (Wildman–Crippen MR) is 119 cm³/mol. The summed E-state index contributed by atoms with van der Waals surface area (Å²) in [5.74, 6) is -2.51. The molecule has 0 bridgehead atoms. The number of nitrogens with one attached hydrogen (secondary N) is 2. The molecule has 5 rings (SSSR count). The van der Waals surface area contributed by atoms with Crippen molar-refractivity contribution in [2.24, 2.45) is 5.73 Å². The second kappa shape index (κ2) is 8.80. The Kier molecular flexibility index (Phi) is 5.69. The quantitative estimate of drug-likeness (QED) is 0.549. The van der Waals surface area contributed by atoms with Gasteiger partial charge in [0.15, 0.2) is 17.3 Å². The summed E-state index contributed by atoms with van der Waals surface area (Å²) in [4.78, 5) is 14.8. The molecule has 1 amide bonds. The molecule has 1 fully saturated rings. The van der Waals surface area contributed by atoms with E-state index in [2.05, 4.69) is 15.5 Å². The first kappa shape index (κ1) is 21.4. The summed E-state index contributed by atoms with van der Waals surface area (Å²) in [5.41, 5.74) is 8.10. The number of carbonyl (C=O) groups is 1. The zero-order chi connectivity index (χ0) is 22.9. The Balaban J connectivity index is 1.47. The molecule has 10 heteroatoms. The number of aromatic nitrogens is 2. The van der Waals surface area contributed by atoms with Gasteiger partial charge in [0, 0.05) is 32.7 Å². The topological polar surface area (TPSA) is 97.4 Å². The van der Waals surface area contributed by atoms with Gasteiger partial charge in [0.05, 0.1) is 17.4 Å². The van der Waals surface area contributed by atoms with E-state index in [0.717, 1.165) is 50.9 Å². The number of anilines is 1. The summed E-state index contributed by atoms with van der Waals surface area (Å²) in [5, 5.41) is 11.4. The molecule has 0 spiro atoms. The molecule has 1 atom stereocenters. The summed E-state index contributed by atoms with van der Waals surface area (Å²) in [6.07, 6.45) is 0.883. The van der Waals surface area contributed by atoms with Crippen molar-refractivity contribution in [3.8, 4) is 17.2 Å². The third-order valence-electron chi connectivity index (χ3n) is 6.00. The molecule has 3 heterocycles. The van der Waals surface area contributed by atoms with Crippen molar-refractivity contribution in [2.75, 3.05) is 38.0 Å². The first-order valence-electron chi connectivity index (χ1n) is 10.9. The molecule has 8 nitrogen and oxygen atoms in total. The fourth-order valence-electron chi connectivity index (χ4n) is 4.42. The minimum atomic E-state index is -1.05. The smallest absolute Gasteiger partial charge is 0.269 e. The Labute approximate surface area is 189 Å². The Hall–Kier alpha value is -3.50. The number of primary amides is 1. The van der Waals surface area contributed by atoms with Gasteiger partial charge in [-0.2, -0.15) is 9.49 Å². The number of hydrogen-bond donors (Lipinski definition) is 3. The largest absolute Gasteiger partial charge is 0.454 e. The highest BCUT2D eigenvalue weighted by Crippen LogP contribution is 2.37. The van der Waals surface area contributed by atoms with Crippen LogP contribution >= 0.6 is 0 Å². The van der Waals surface area contributed by atoms with E-state index in [4.69, 9.17) is 15.6 Å². The van der Waals surface area contributed by atoms with Crippen LogP contribution in [0, 0.1) is 11.6 Å². The van der Waals surface area contributed by atoms with Gasteiger partial charge in [0.25, 0.3) is 5.91 Å². The SMILES string of the molecule is NC(=O)c1c2c(nn1-c1ccc(Oc3cccc(F)c3F)cc1)[C@H](N1CCNCC1)CCN2. The van der Waals surface area contributed by atoms with Crippen LogP contribution in [-0.2, 0) is 0 Å². The number of nitrogens with two attached hydrogens (primary N) is 1. The van der Waals surface area contributed by atoms with Gasteiger partial charge in [-0.15, -0.1) is 0 Å². The van der Waals surface area contributed by atoms with E-state index in [-0.39, 0.29) is 17.5 Å². The van der Waals surface area contributed by atoms with Crippen molar-refractivity contribution in [2.45, 2.75) is 12.5 Å². The molecular formula is C23H24F2N6O2. The molecule has 2 aliphatic rings. The Morgan fingerprint density at radius 1 is 1.09 bits per heavy atom. The van der Waals surface area contributed by atoms with E-state index in [1.807, 2.05) is 0 Å². The van der Waals surface area contributed by atoms with Crippen molar-refractivity contribution in [3.63, 3.8) is 0 Å². The van der Waals surface area contributed by atoms with E-state index in [9.17, 15) is 13.6 Å². The van der Waals surface area contributed by atoms with E-state index < -0.39 is 17.5 Å². The average molecular weight is 454 g/mol. The van der Waals surface area contributed by atoms with E-state index in [1.165, 1.54) is 16.8 Å². The molecule has 1 saturated heterocycles. The first-order chi connectivity index (χ1) is 16.0. The molecule has 0 saturated carbocycles. The van der Waals surface area contributed by atoms with Gasteiger partial charge in [0.1, 0.15) is 11.4 Å². The monoisotopic (exact) mass is 454 g/mol. The fourth-order valence-corrected chi connectivity index (χ4v) is 4.42. The fraction of sp³-hybridized carbons (Fsp3) is 0.304. The molecule has 0 radical (unpaired) electrons. The number of halogens is 2. The third-order valence-corrected chi connectivity index (χ3v) is 6.00. The summed E-state index contributed by atoms with van der Waals surface area (Å²) in [7, 11) is 0. The minimum Gasteiger partial charge on any atom is -0.454 e. The Morgan fingerprint density at radius 2 is 1.85 bits per heavy atom. The van der Waals surface area contributed by atoms with Gasteiger partial charge in [-0.25, -0.2) is 9.07 Å². The van der Waals surface area contributed by atoms with Gasteiger partial charge >= 0.3 is 0 Å². The van der Waals surface area contributed by atoms with Gasteiger partial charge < -0.3 is 21.1 Å². The summed E-state index contributed by atoms with van der Waals surface area (Å²) in [6, 6.07) is 10.4. The van der Waals surface area contributed by atoms with Gasteiger partial charge in [-0.1, -0.05) is 6.07 Å². The highest BCUT2D eigenvalue weighted by molar-refractivity contribution is 5.98. The van der Waals surface area contributed by atoms with Crippen LogP contribution in [0.25, 0.3) is 5.69 Å². The highest BCUT2D eigenvalue weighted by atomic mass is 19.2. The second-order valence-electron chi connectivity index (χ2n) is 8.05. The van der Waals surface area contributed by atoms with Gasteiger partial charge in [-0.3, -0.25) is 9.69 Å². The minimum absolute atomic E-state index is 0.0984. The van der Waals surface area contributed by atoms with Crippen LogP contribution in [-0.4, -0.2) is 53.3 Å². The van der Waals surface area contributed by atoms with E-state index in [0.29, 0.717) is 17.1 Å². The lowest BCUT2D eigenvalue weighted by atomic mass is 10.0. The van der Waals surface area contributed by atoms with Crippen LogP contribution in [0.15, 0.2) is 42.5 Å². The third kappa shape index (κ3) is 4.03. The number of nitrogens with zero attached hydrogens (tertiary/aromatic N) is 3. The number of ether oxygens (including phenoxy) is 1. The number of carbonyl (C=O) groups excluding carboxylic acids is 1. The maximum absolute atomic E-state index is 13.9. The van der Waals surface area contributed by atoms with Crippen LogP contribution in [0.3, 0.4) is 0 Å². The molecule has 2 aromatic carbocycles. The van der Waals surface area contributed by atoms with Crippen molar-refractivity contribution in [1.29, 1.82) is 0 Å². The number of fused-ring (bicyclic) bond motifs is 1. The van der Waals surface area contributed by atoms with Gasteiger partial charge in [0.2, 0.25) is 5.82 Å². The van der Waals surface area contributed by atoms with Crippen LogP contribution in [0.5, 0.6) is 11.5 Å². The molecule has 172 valence electrons. The number of hydrogen-bond acceptors (Lipinski definition) is 6. The second-order valence-corrected chi connectivity index (χ2v) is 8.05. The van der Waals surface area contributed by atoms with E-state index >= 15 is 0 Å². The molecule has 4 N–H and O–H groups in total. The highest BCUT2D eigenvalue weighted by Gasteiger charge is 2.34. The summed E-state index contributed by atoms with van der Waals surface area (Å²) >= 11 is 0. The maximum Gasteiger partial charge on any atom is 0.269 e. The lowest BCUT2D eigenvalue weighted by Gasteiger charge is -2.36. The Morgan fingerprint density at radius 3 is 2.58 bits per heavy atom. The lowest BCUT2D eigenvalue weighted by molar-refractivity contribution is 0.0993. The molecule has 33 heavy (non-hydrogen) atoms. The first-order valence-corrected chi connectivity index (χ1v) is 10.9. The van der Waals surface area contributed by atoms with Crippen LogP contribution < -0.4 is 21.1 Å². The molecule has 3 aromatic rings. The molecule has 0 aliphatic carbocycles. The maximum atomic E-state index is 13.9. The normalized spacial score (nSPS) is 18.4.